The molecule has 0 bridgehead atoms. The van der Waals surface area contributed by atoms with Crippen molar-refractivity contribution in [2.75, 3.05) is 0 Å². The zero-order valence-electron chi connectivity index (χ0n) is 9.84. The second kappa shape index (κ2) is 4.39. The zero-order valence-corrected chi connectivity index (χ0v) is 9.84. The molecule has 0 aliphatic rings. The van der Waals surface area contributed by atoms with Crippen LogP contribution in [0.15, 0.2) is 36.7 Å². The maximum Gasteiger partial charge on any atom is 0.302 e. The lowest BCUT2D eigenvalue weighted by atomic mass is 10.2. The summed E-state index contributed by atoms with van der Waals surface area (Å²) in [5, 5.41) is 0. The predicted octanol–water partition coefficient (Wildman–Crippen LogP) is 3.56. The summed E-state index contributed by atoms with van der Waals surface area (Å²) in [6, 6.07) is 8.93. The Morgan fingerprint density at radius 3 is 2.69 bits per heavy atom. The molecule has 1 aromatic carbocycles. The van der Waals surface area contributed by atoms with Gasteiger partial charge in [-0.3, -0.25) is 4.57 Å². The second-order valence-corrected chi connectivity index (χ2v) is 4.08. The monoisotopic (exact) mass is 216 g/mol. The average molecular weight is 216 g/mol. The molecule has 3 heteroatoms. The van der Waals surface area contributed by atoms with Crippen LogP contribution in [0.4, 0.5) is 0 Å². The van der Waals surface area contributed by atoms with Crippen molar-refractivity contribution in [2.45, 2.75) is 26.8 Å². The van der Waals surface area contributed by atoms with E-state index < -0.39 is 0 Å². The quantitative estimate of drug-likeness (QED) is 0.784. The van der Waals surface area contributed by atoms with Crippen LogP contribution >= 0.6 is 0 Å². The molecule has 0 atom stereocenters. The van der Waals surface area contributed by atoms with E-state index in [2.05, 4.69) is 18.8 Å². The zero-order chi connectivity index (χ0) is 11.5. The summed E-state index contributed by atoms with van der Waals surface area (Å²) in [6.45, 7) is 6.23. The Labute approximate surface area is 95.7 Å². The molecule has 0 aliphatic carbocycles. The molecule has 0 fully saturated rings. The molecule has 0 spiro atoms. The van der Waals surface area contributed by atoms with Crippen LogP contribution in [0, 0.1) is 6.92 Å². The van der Waals surface area contributed by atoms with Gasteiger partial charge in [0, 0.05) is 18.4 Å². The van der Waals surface area contributed by atoms with E-state index >= 15 is 0 Å². The lowest BCUT2D eigenvalue weighted by Gasteiger charge is -2.12. The van der Waals surface area contributed by atoms with Crippen LogP contribution in [-0.4, -0.2) is 9.55 Å². The van der Waals surface area contributed by atoms with Gasteiger partial charge >= 0.3 is 6.01 Å². The molecular weight excluding hydrogens is 200 g/mol. The summed E-state index contributed by atoms with van der Waals surface area (Å²) >= 11 is 0. The molecule has 16 heavy (non-hydrogen) atoms. The Kier molecular flexibility index (Phi) is 2.95. The molecule has 0 N–H and O–H groups in total. The Morgan fingerprint density at radius 1 is 1.25 bits per heavy atom. The number of rotatable bonds is 3. The van der Waals surface area contributed by atoms with Crippen LogP contribution < -0.4 is 4.74 Å². The van der Waals surface area contributed by atoms with Gasteiger partial charge in [0.25, 0.3) is 0 Å². The van der Waals surface area contributed by atoms with Crippen LogP contribution in [0.25, 0.3) is 0 Å². The number of nitrogens with zero attached hydrogens (tertiary/aromatic N) is 2. The van der Waals surface area contributed by atoms with Gasteiger partial charge in [-0.2, -0.15) is 0 Å². The van der Waals surface area contributed by atoms with E-state index in [1.165, 1.54) is 0 Å². The van der Waals surface area contributed by atoms with E-state index in [-0.39, 0.29) is 0 Å². The molecular formula is C13H16N2O. The maximum absolute atomic E-state index is 5.79. The Hall–Kier alpha value is -1.77. The molecule has 0 unspecified atom stereocenters. The van der Waals surface area contributed by atoms with Crippen molar-refractivity contribution in [3.63, 3.8) is 0 Å². The third-order valence-electron chi connectivity index (χ3n) is 2.48. The first-order valence-corrected chi connectivity index (χ1v) is 5.45. The number of hydrogen-bond acceptors (Lipinski definition) is 2. The summed E-state index contributed by atoms with van der Waals surface area (Å²) < 4.78 is 7.80. The largest absolute Gasteiger partial charge is 0.425 e. The van der Waals surface area contributed by atoms with Gasteiger partial charge < -0.3 is 4.74 Å². The van der Waals surface area contributed by atoms with Gasteiger partial charge in [-0.1, -0.05) is 18.2 Å². The first-order chi connectivity index (χ1) is 7.68. The Bertz CT molecular complexity index is 474. The minimum absolute atomic E-state index is 0.349. The van der Waals surface area contributed by atoms with Gasteiger partial charge in [0.15, 0.2) is 0 Å². The van der Waals surface area contributed by atoms with Crippen molar-refractivity contribution in [3.8, 4) is 11.8 Å². The summed E-state index contributed by atoms with van der Waals surface area (Å²) in [7, 11) is 0. The molecule has 1 aromatic heterocycles. The molecule has 2 rings (SSSR count). The van der Waals surface area contributed by atoms with E-state index in [0.717, 1.165) is 11.3 Å². The fourth-order valence-electron chi connectivity index (χ4n) is 1.54. The van der Waals surface area contributed by atoms with Crippen molar-refractivity contribution in [1.82, 2.24) is 9.55 Å². The number of hydrogen-bond donors (Lipinski definition) is 0. The predicted molar refractivity (Wildman–Crippen MR) is 63.9 cm³/mol. The SMILES string of the molecule is Cc1ccccc1Oc1nccn1C(C)C. The molecule has 0 saturated carbocycles. The van der Waals surface area contributed by atoms with Crippen molar-refractivity contribution in [2.24, 2.45) is 0 Å². The van der Waals surface area contributed by atoms with E-state index in [0.29, 0.717) is 12.1 Å². The molecule has 84 valence electrons. The van der Waals surface area contributed by atoms with Crippen molar-refractivity contribution < 1.29 is 4.74 Å². The molecule has 0 amide bonds. The van der Waals surface area contributed by atoms with E-state index in [1.54, 1.807) is 6.20 Å². The Morgan fingerprint density at radius 2 is 2.00 bits per heavy atom. The minimum Gasteiger partial charge on any atom is -0.425 e. The first-order valence-electron chi connectivity index (χ1n) is 5.45. The fraction of sp³-hybridized carbons (Fsp3) is 0.308. The van der Waals surface area contributed by atoms with Gasteiger partial charge in [0.05, 0.1) is 0 Å². The number of aryl methyl sites for hydroxylation is 1. The van der Waals surface area contributed by atoms with Crippen LogP contribution in [0.1, 0.15) is 25.5 Å². The lowest BCUT2D eigenvalue weighted by Crippen LogP contribution is -2.02. The normalized spacial score (nSPS) is 10.8. The average Bonchev–Trinajstić information content (AvgIpc) is 2.69. The topological polar surface area (TPSA) is 27.1 Å². The van der Waals surface area contributed by atoms with Crippen LogP contribution in [-0.2, 0) is 0 Å². The van der Waals surface area contributed by atoms with Crippen LogP contribution in [0.5, 0.6) is 11.8 Å². The lowest BCUT2D eigenvalue weighted by molar-refractivity contribution is 0.393. The van der Waals surface area contributed by atoms with Crippen molar-refractivity contribution in [1.29, 1.82) is 0 Å². The number of benzene rings is 1. The van der Waals surface area contributed by atoms with Crippen LogP contribution in [0.2, 0.25) is 0 Å². The number of aromatic nitrogens is 2. The fourth-order valence-corrected chi connectivity index (χ4v) is 1.54. The Balaban J connectivity index is 2.27. The number of imidazole rings is 1. The highest BCUT2D eigenvalue weighted by atomic mass is 16.5. The molecule has 3 nitrogen and oxygen atoms in total. The third-order valence-corrected chi connectivity index (χ3v) is 2.48. The smallest absolute Gasteiger partial charge is 0.302 e. The van der Waals surface area contributed by atoms with Crippen molar-refractivity contribution >= 4 is 0 Å². The van der Waals surface area contributed by atoms with E-state index in [9.17, 15) is 0 Å². The van der Waals surface area contributed by atoms with E-state index in [4.69, 9.17) is 4.74 Å². The second-order valence-electron chi connectivity index (χ2n) is 4.08. The number of ether oxygens (including phenoxy) is 1. The molecule has 2 aromatic rings. The molecule has 0 radical (unpaired) electrons. The highest BCUT2D eigenvalue weighted by Gasteiger charge is 2.08. The standard InChI is InChI=1S/C13H16N2O/c1-10(2)15-9-8-14-13(15)16-12-7-5-4-6-11(12)3/h4-10H,1-3H3. The van der Waals surface area contributed by atoms with Gasteiger partial charge in [0.1, 0.15) is 5.75 Å². The van der Waals surface area contributed by atoms with Gasteiger partial charge in [-0.15, -0.1) is 0 Å². The molecule has 1 heterocycles. The summed E-state index contributed by atoms with van der Waals surface area (Å²) in [4.78, 5) is 4.21. The van der Waals surface area contributed by atoms with Gasteiger partial charge in [-0.05, 0) is 32.4 Å². The van der Waals surface area contributed by atoms with Crippen LogP contribution in [0.3, 0.4) is 0 Å². The highest BCUT2D eigenvalue weighted by molar-refractivity contribution is 5.33. The minimum atomic E-state index is 0.349. The van der Waals surface area contributed by atoms with E-state index in [1.807, 2.05) is 42.0 Å². The highest BCUT2D eigenvalue weighted by Crippen LogP contribution is 2.24. The maximum atomic E-state index is 5.79. The van der Waals surface area contributed by atoms with Gasteiger partial charge in [-0.25, -0.2) is 4.98 Å². The first kappa shape index (κ1) is 10.7. The third kappa shape index (κ3) is 2.08. The van der Waals surface area contributed by atoms with Gasteiger partial charge in [0.2, 0.25) is 0 Å². The summed E-state index contributed by atoms with van der Waals surface area (Å²) in [5.74, 6) is 0.857. The molecule has 0 saturated heterocycles. The number of para-hydroxylation sites is 1. The summed E-state index contributed by atoms with van der Waals surface area (Å²) in [5.41, 5.74) is 1.11. The van der Waals surface area contributed by atoms with Crippen molar-refractivity contribution in [3.05, 3.63) is 42.2 Å². The molecule has 0 aliphatic heterocycles. The summed E-state index contributed by atoms with van der Waals surface area (Å²) in [6.07, 6.45) is 3.69.